The van der Waals surface area contributed by atoms with E-state index in [1.807, 2.05) is 13.8 Å². The normalized spacial score (nSPS) is 13.6. The van der Waals surface area contributed by atoms with Gasteiger partial charge in [-0.25, -0.2) is 0 Å². The van der Waals surface area contributed by atoms with Gasteiger partial charge in [-0.15, -0.1) is 0 Å². The minimum Gasteiger partial charge on any atom is -0.292 e. The van der Waals surface area contributed by atoms with Crippen LogP contribution in [0.3, 0.4) is 0 Å². The molecule has 0 aromatic carbocycles. The van der Waals surface area contributed by atoms with Gasteiger partial charge >= 0.3 is 0 Å². The molecule has 0 aliphatic carbocycles. The molecule has 4 heteroatoms. The quantitative estimate of drug-likeness (QED) is 0.550. The summed E-state index contributed by atoms with van der Waals surface area (Å²) in [6, 6.07) is 0. The van der Waals surface area contributed by atoms with Crippen LogP contribution in [0.1, 0.15) is 27.7 Å². The van der Waals surface area contributed by atoms with E-state index in [1.54, 1.807) is 13.0 Å². The van der Waals surface area contributed by atoms with Crippen molar-refractivity contribution in [3.05, 3.63) is 11.0 Å². The average molecular weight is 207 g/mol. The molecule has 13 heavy (non-hydrogen) atoms. The molecular formula is C9H15F2NS. The Balaban J connectivity index is 4.37. The fraction of sp³-hybridized carbons (Fsp3) is 0.667. The molecule has 0 saturated heterocycles. The van der Waals surface area contributed by atoms with E-state index >= 15 is 0 Å². The minimum atomic E-state index is -3.02. The molecule has 0 saturated carbocycles. The fourth-order valence-electron chi connectivity index (χ4n) is 0.718. The van der Waals surface area contributed by atoms with E-state index in [-0.39, 0.29) is 5.92 Å². The summed E-state index contributed by atoms with van der Waals surface area (Å²) >= 11 is 0.854. The van der Waals surface area contributed by atoms with E-state index in [0.717, 1.165) is 23.6 Å². The summed E-state index contributed by atoms with van der Waals surface area (Å²) in [4.78, 5) is 0.812. The molecule has 0 aromatic rings. The first-order chi connectivity index (χ1) is 5.79. The number of allylic oxidation sites excluding steroid dienone is 2. The van der Waals surface area contributed by atoms with Crippen molar-refractivity contribution in [2.24, 2.45) is 5.92 Å². The third-order valence-electron chi connectivity index (χ3n) is 1.47. The highest BCUT2D eigenvalue weighted by atomic mass is 32.2. The number of nitrogens with one attached hydrogen (secondary N) is 1. The number of thioether (sulfide) groups is 1. The van der Waals surface area contributed by atoms with Gasteiger partial charge in [-0.05, 0) is 17.7 Å². The maximum absolute atomic E-state index is 12.6. The number of hydrogen-bond donors (Lipinski definition) is 1. The van der Waals surface area contributed by atoms with Crippen LogP contribution in [0.4, 0.5) is 8.78 Å². The maximum Gasteiger partial charge on any atom is 0.292 e. The topological polar surface area (TPSA) is 23.9 Å². The summed E-state index contributed by atoms with van der Waals surface area (Å²) in [6.45, 7) is 6.38. The molecule has 0 unspecified atom stereocenters. The van der Waals surface area contributed by atoms with Crippen LogP contribution in [0, 0.1) is 11.3 Å². The van der Waals surface area contributed by atoms with Crippen molar-refractivity contribution in [3.8, 4) is 0 Å². The third-order valence-corrected chi connectivity index (χ3v) is 2.98. The Kier molecular flexibility index (Phi) is 4.61. The van der Waals surface area contributed by atoms with Gasteiger partial charge in [0.2, 0.25) is 0 Å². The van der Waals surface area contributed by atoms with Crippen LogP contribution >= 0.6 is 11.8 Å². The second kappa shape index (κ2) is 4.74. The molecule has 0 bridgehead atoms. The van der Waals surface area contributed by atoms with Gasteiger partial charge in [0.15, 0.2) is 0 Å². The molecule has 0 rings (SSSR count). The third kappa shape index (κ3) is 4.41. The first kappa shape index (κ1) is 12.6. The molecule has 0 radical (unpaired) electrons. The molecule has 0 spiro atoms. The van der Waals surface area contributed by atoms with E-state index < -0.39 is 11.0 Å². The summed E-state index contributed by atoms with van der Waals surface area (Å²) in [5.74, 6) is -2.83. The van der Waals surface area contributed by atoms with Gasteiger partial charge in [0.05, 0.1) is 0 Å². The van der Waals surface area contributed by atoms with Crippen molar-refractivity contribution in [2.75, 3.05) is 0 Å². The summed E-state index contributed by atoms with van der Waals surface area (Å²) in [5, 5.41) is 6.55. The molecule has 1 nitrogen and oxygen atoms in total. The van der Waals surface area contributed by atoms with E-state index in [2.05, 4.69) is 0 Å². The van der Waals surface area contributed by atoms with Crippen LogP contribution in [0.25, 0.3) is 0 Å². The van der Waals surface area contributed by atoms with Crippen molar-refractivity contribution in [3.63, 3.8) is 0 Å². The van der Waals surface area contributed by atoms with Crippen LogP contribution in [0.2, 0.25) is 0 Å². The van der Waals surface area contributed by atoms with Crippen molar-refractivity contribution >= 4 is 16.8 Å². The van der Waals surface area contributed by atoms with Gasteiger partial charge in [0, 0.05) is 6.92 Å². The predicted octanol–water partition coefficient (Wildman–Crippen LogP) is 3.91. The van der Waals surface area contributed by atoms with Gasteiger partial charge < -0.3 is 0 Å². The van der Waals surface area contributed by atoms with Crippen molar-refractivity contribution in [1.82, 2.24) is 0 Å². The molecule has 0 fully saturated rings. The Morgan fingerprint density at radius 2 is 1.92 bits per heavy atom. The van der Waals surface area contributed by atoms with Crippen molar-refractivity contribution in [1.29, 1.82) is 5.41 Å². The number of halogens is 2. The second-order valence-corrected chi connectivity index (χ2v) is 4.25. The van der Waals surface area contributed by atoms with Crippen LogP contribution in [0.5, 0.6) is 0 Å². The highest BCUT2D eigenvalue weighted by molar-refractivity contribution is 8.17. The summed E-state index contributed by atoms with van der Waals surface area (Å²) in [5.41, 5.74) is 0. The lowest BCUT2D eigenvalue weighted by atomic mass is 10.2. The molecule has 76 valence electrons. The van der Waals surface area contributed by atoms with Crippen LogP contribution in [-0.2, 0) is 0 Å². The number of rotatable bonds is 3. The number of hydrogen-bond acceptors (Lipinski definition) is 2. The molecule has 0 aliphatic rings. The van der Waals surface area contributed by atoms with Crippen molar-refractivity contribution < 1.29 is 8.78 Å². The molecular weight excluding hydrogens is 192 g/mol. The molecule has 0 aromatic heterocycles. The summed E-state index contributed by atoms with van der Waals surface area (Å²) in [6.07, 6.45) is 1.77. The zero-order chi connectivity index (χ0) is 10.6. The van der Waals surface area contributed by atoms with Crippen LogP contribution < -0.4 is 0 Å². The molecule has 0 amide bonds. The molecule has 0 heterocycles. The van der Waals surface area contributed by atoms with Crippen LogP contribution in [0.15, 0.2) is 11.0 Å². The lowest BCUT2D eigenvalue weighted by Crippen LogP contribution is -2.20. The first-order valence-corrected chi connectivity index (χ1v) is 4.91. The van der Waals surface area contributed by atoms with E-state index in [9.17, 15) is 8.78 Å². The minimum absolute atomic E-state index is 0.192. The molecule has 1 N–H and O–H groups in total. The zero-order valence-corrected chi connectivity index (χ0v) is 9.14. The molecule has 0 aliphatic heterocycles. The Bertz CT molecular complexity index is 216. The molecule has 0 atom stereocenters. The second-order valence-electron chi connectivity index (χ2n) is 3.17. The predicted molar refractivity (Wildman–Crippen MR) is 54.5 cm³/mol. The van der Waals surface area contributed by atoms with Gasteiger partial charge in [-0.3, -0.25) is 5.41 Å². The highest BCUT2D eigenvalue weighted by Crippen LogP contribution is 2.31. The summed E-state index contributed by atoms with van der Waals surface area (Å²) < 4.78 is 25.2. The smallest absolute Gasteiger partial charge is 0.292 e. The maximum atomic E-state index is 12.6. The van der Waals surface area contributed by atoms with Gasteiger partial charge in [-0.2, -0.15) is 8.78 Å². The monoisotopic (exact) mass is 207 g/mol. The summed E-state index contributed by atoms with van der Waals surface area (Å²) in [7, 11) is 0. The Hall–Kier alpha value is -0.380. The van der Waals surface area contributed by atoms with Crippen molar-refractivity contribution in [2.45, 2.75) is 33.6 Å². The van der Waals surface area contributed by atoms with Gasteiger partial charge in [-0.1, -0.05) is 31.7 Å². The standard InChI is InChI=1S/C9H15F2NS/c1-5-7(6(2)3)13-8(12)9(4,10)11/h5-6,12H,1-4H3/b7-5-,12-8?. The Morgan fingerprint density at radius 1 is 1.46 bits per heavy atom. The van der Waals surface area contributed by atoms with E-state index in [1.165, 1.54) is 0 Å². The Morgan fingerprint density at radius 3 is 2.15 bits per heavy atom. The van der Waals surface area contributed by atoms with Gasteiger partial charge in [0.25, 0.3) is 5.92 Å². The lowest BCUT2D eigenvalue weighted by molar-refractivity contribution is 0.103. The number of alkyl halides is 2. The zero-order valence-electron chi connectivity index (χ0n) is 8.32. The van der Waals surface area contributed by atoms with E-state index in [4.69, 9.17) is 5.41 Å². The Labute approximate surface area is 82.1 Å². The van der Waals surface area contributed by atoms with Gasteiger partial charge in [0.1, 0.15) is 5.04 Å². The highest BCUT2D eigenvalue weighted by Gasteiger charge is 2.29. The largest absolute Gasteiger partial charge is 0.292 e. The van der Waals surface area contributed by atoms with E-state index in [0.29, 0.717) is 0 Å². The van der Waals surface area contributed by atoms with Crippen LogP contribution in [-0.4, -0.2) is 11.0 Å². The fourth-order valence-corrected chi connectivity index (χ4v) is 1.49. The lowest BCUT2D eigenvalue weighted by Gasteiger charge is -2.15. The first-order valence-electron chi connectivity index (χ1n) is 4.10. The SMILES string of the molecule is C/C=C(\SC(=N)C(C)(F)F)C(C)C. The average Bonchev–Trinajstić information content (AvgIpc) is 1.96.